The van der Waals surface area contributed by atoms with Crippen LogP contribution in [0, 0.1) is 22.7 Å². The molecule has 0 aliphatic heterocycles. The molecule has 0 aliphatic carbocycles. The van der Waals surface area contributed by atoms with Crippen molar-refractivity contribution in [1.29, 1.82) is 10.5 Å². The maximum absolute atomic E-state index is 9.71. The van der Waals surface area contributed by atoms with Gasteiger partial charge in [-0.2, -0.15) is 10.5 Å². The van der Waals surface area contributed by atoms with Crippen LogP contribution in [0.4, 0.5) is 0 Å². The van der Waals surface area contributed by atoms with Gasteiger partial charge >= 0.3 is 0 Å². The molecule has 5 aromatic rings. The van der Waals surface area contributed by atoms with Crippen LogP contribution in [0.5, 0.6) is 11.5 Å². The van der Waals surface area contributed by atoms with Crippen molar-refractivity contribution in [2.45, 2.75) is 13.2 Å². The van der Waals surface area contributed by atoms with E-state index in [9.17, 15) is 10.5 Å². The van der Waals surface area contributed by atoms with Gasteiger partial charge in [0.2, 0.25) is 0 Å². The topological polar surface area (TPSA) is 66.0 Å². The van der Waals surface area contributed by atoms with Crippen molar-refractivity contribution in [3.05, 3.63) is 167 Å². The first-order valence-electron chi connectivity index (χ1n) is 13.6. The van der Waals surface area contributed by atoms with Crippen molar-refractivity contribution >= 4 is 23.3 Å². The molecular formula is C38H28N2O2. The highest BCUT2D eigenvalue weighted by Crippen LogP contribution is 2.27. The number of para-hydroxylation sites is 2. The van der Waals surface area contributed by atoms with Crippen molar-refractivity contribution in [2.75, 3.05) is 0 Å². The fraction of sp³-hybridized carbons (Fsp3) is 0.0526. The van der Waals surface area contributed by atoms with Crippen LogP contribution >= 0.6 is 0 Å². The molecule has 0 saturated heterocycles. The van der Waals surface area contributed by atoms with Crippen molar-refractivity contribution in [1.82, 2.24) is 0 Å². The smallest absolute Gasteiger partial charge is 0.127 e. The Hall–Kier alpha value is -5.84. The molecule has 0 atom stereocenters. The summed E-state index contributed by atoms with van der Waals surface area (Å²) < 4.78 is 12.3. The molecule has 42 heavy (non-hydrogen) atoms. The van der Waals surface area contributed by atoms with Crippen LogP contribution in [-0.4, -0.2) is 0 Å². The third-order valence-electron chi connectivity index (χ3n) is 6.66. The van der Waals surface area contributed by atoms with Crippen LogP contribution in [-0.2, 0) is 13.2 Å². The second-order valence-corrected chi connectivity index (χ2v) is 9.54. The van der Waals surface area contributed by atoms with E-state index in [4.69, 9.17) is 9.47 Å². The Kier molecular flexibility index (Phi) is 9.23. The molecule has 0 aliphatic rings. The molecule has 0 aromatic heterocycles. The summed E-state index contributed by atoms with van der Waals surface area (Å²) in [5, 5.41) is 19.4. The summed E-state index contributed by atoms with van der Waals surface area (Å²) in [4.78, 5) is 0. The molecule has 0 saturated carbocycles. The Bertz CT molecular complexity index is 1640. The average Bonchev–Trinajstić information content (AvgIpc) is 3.06. The molecular weight excluding hydrogens is 516 g/mol. The van der Waals surface area contributed by atoms with E-state index < -0.39 is 0 Å². The minimum atomic E-state index is 0.392. The number of benzene rings is 5. The number of nitrogens with zero attached hydrogens (tertiary/aromatic N) is 2. The molecule has 0 bridgehead atoms. The molecule has 0 N–H and O–H groups in total. The number of hydrogen-bond acceptors (Lipinski definition) is 4. The first kappa shape index (κ1) is 27.7. The lowest BCUT2D eigenvalue weighted by atomic mass is 10.0. The van der Waals surface area contributed by atoms with Crippen LogP contribution in [0.25, 0.3) is 23.3 Å². The van der Waals surface area contributed by atoms with Gasteiger partial charge < -0.3 is 9.47 Å². The number of ether oxygens (including phenoxy) is 2. The van der Waals surface area contributed by atoms with Crippen molar-refractivity contribution in [3.8, 4) is 23.6 Å². The van der Waals surface area contributed by atoms with Crippen LogP contribution in [0.15, 0.2) is 133 Å². The molecule has 202 valence electrons. The molecule has 0 amide bonds. The SMILES string of the molecule is N#C/C(=C\c1ccccc1OCc1ccc(COc2ccccc2/C=C(\C#N)c2ccccc2)cc1)c1ccccc1. The van der Waals surface area contributed by atoms with Crippen LogP contribution < -0.4 is 9.47 Å². The van der Waals surface area contributed by atoms with Gasteiger partial charge in [-0.1, -0.05) is 121 Å². The summed E-state index contributed by atoms with van der Waals surface area (Å²) in [5.74, 6) is 1.43. The van der Waals surface area contributed by atoms with Gasteiger partial charge in [-0.05, 0) is 46.5 Å². The largest absolute Gasteiger partial charge is 0.488 e. The Morgan fingerprint density at radius 2 is 0.833 bits per heavy atom. The fourth-order valence-electron chi connectivity index (χ4n) is 4.42. The maximum Gasteiger partial charge on any atom is 0.127 e. The van der Waals surface area contributed by atoms with E-state index in [0.29, 0.717) is 35.9 Å². The number of hydrogen-bond donors (Lipinski definition) is 0. The lowest BCUT2D eigenvalue weighted by molar-refractivity contribution is 0.302. The minimum Gasteiger partial charge on any atom is -0.488 e. The van der Waals surface area contributed by atoms with E-state index in [1.54, 1.807) is 0 Å². The zero-order valence-electron chi connectivity index (χ0n) is 23.0. The standard InChI is InChI=1S/C38H28N2O2/c39-25-35(31-11-3-1-4-12-31)23-33-15-7-9-17-37(33)41-27-29-19-21-30(22-20-29)28-42-38-18-10-8-16-34(38)24-36(26-40)32-13-5-2-6-14-32/h1-24H,27-28H2/b35-23+,36-24+. The van der Waals surface area contributed by atoms with Crippen LogP contribution in [0.2, 0.25) is 0 Å². The van der Waals surface area contributed by atoms with Gasteiger partial charge in [0, 0.05) is 11.1 Å². The average molecular weight is 545 g/mol. The van der Waals surface area contributed by atoms with Gasteiger partial charge in [0.15, 0.2) is 0 Å². The van der Waals surface area contributed by atoms with E-state index in [0.717, 1.165) is 33.4 Å². The summed E-state index contributed by atoms with van der Waals surface area (Å²) >= 11 is 0. The Morgan fingerprint density at radius 1 is 0.476 bits per heavy atom. The van der Waals surface area contributed by atoms with Crippen molar-refractivity contribution in [2.24, 2.45) is 0 Å². The maximum atomic E-state index is 9.71. The predicted molar refractivity (Wildman–Crippen MR) is 168 cm³/mol. The summed E-state index contributed by atoms with van der Waals surface area (Å²) in [6.45, 7) is 0.784. The lowest BCUT2D eigenvalue weighted by Crippen LogP contribution is -2.00. The highest BCUT2D eigenvalue weighted by molar-refractivity contribution is 5.91. The lowest BCUT2D eigenvalue weighted by Gasteiger charge is -2.12. The molecule has 0 fully saturated rings. The van der Waals surface area contributed by atoms with Gasteiger partial charge in [0.05, 0.1) is 23.3 Å². The van der Waals surface area contributed by atoms with E-state index in [1.165, 1.54) is 0 Å². The van der Waals surface area contributed by atoms with E-state index in [1.807, 2.05) is 146 Å². The molecule has 4 nitrogen and oxygen atoms in total. The molecule has 0 unspecified atom stereocenters. The number of rotatable bonds is 10. The summed E-state index contributed by atoms with van der Waals surface area (Å²) in [7, 11) is 0. The first-order valence-corrected chi connectivity index (χ1v) is 13.6. The molecule has 5 aromatic carbocycles. The molecule has 0 heterocycles. The van der Waals surface area contributed by atoms with E-state index in [2.05, 4.69) is 12.1 Å². The summed E-state index contributed by atoms with van der Waals surface area (Å²) in [6, 6.07) is 47.4. The van der Waals surface area contributed by atoms with E-state index in [-0.39, 0.29) is 0 Å². The highest BCUT2D eigenvalue weighted by atomic mass is 16.5. The Morgan fingerprint density at radius 3 is 1.21 bits per heavy atom. The van der Waals surface area contributed by atoms with Crippen molar-refractivity contribution < 1.29 is 9.47 Å². The minimum absolute atomic E-state index is 0.392. The van der Waals surface area contributed by atoms with Crippen molar-refractivity contribution in [3.63, 3.8) is 0 Å². The van der Waals surface area contributed by atoms with Crippen LogP contribution in [0.1, 0.15) is 33.4 Å². The second kappa shape index (κ2) is 14.0. The fourth-order valence-corrected chi connectivity index (χ4v) is 4.42. The van der Waals surface area contributed by atoms with Gasteiger partial charge in [0.25, 0.3) is 0 Å². The van der Waals surface area contributed by atoms with Gasteiger partial charge in [-0.3, -0.25) is 0 Å². The zero-order valence-corrected chi connectivity index (χ0v) is 23.0. The normalized spacial score (nSPS) is 11.3. The third-order valence-corrected chi connectivity index (χ3v) is 6.66. The van der Waals surface area contributed by atoms with E-state index >= 15 is 0 Å². The number of nitriles is 2. The third kappa shape index (κ3) is 7.21. The number of allylic oxidation sites excluding steroid dienone is 2. The van der Waals surface area contributed by atoms with Crippen LogP contribution in [0.3, 0.4) is 0 Å². The quantitative estimate of drug-likeness (QED) is 0.130. The van der Waals surface area contributed by atoms with Gasteiger partial charge in [-0.15, -0.1) is 0 Å². The molecule has 0 radical (unpaired) electrons. The second-order valence-electron chi connectivity index (χ2n) is 9.54. The predicted octanol–water partition coefficient (Wildman–Crippen LogP) is 8.97. The monoisotopic (exact) mass is 544 g/mol. The van der Waals surface area contributed by atoms with Gasteiger partial charge in [0.1, 0.15) is 24.7 Å². The molecule has 4 heteroatoms. The molecule has 0 spiro atoms. The van der Waals surface area contributed by atoms with Gasteiger partial charge in [-0.25, -0.2) is 0 Å². The zero-order chi connectivity index (χ0) is 29.0. The Labute approximate surface area is 246 Å². The summed E-state index contributed by atoms with van der Waals surface area (Å²) in [6.07, 6.45) is 3.72. The first-order chi connectivity index (χ1) is 20.7. The highest BCUT2D eigenvalue weighted by Gasteiger charge is 2.08. The Balaban J connectivity index is 1.23. The summed E-state index contributed by atoms with van der Waals surface area (Å²) in [5.41, 5.74) is 6.64. The molecule has 5 rings (SSSR count).